The van der Waals surface area contributed by atoms with Gasteiger partial charge in [0.05, 0.1) is 0 Å². The van der Waals surface area contributed by atoms with E-state index in [-0.39, 0.29) is 5.91 Å². The van der Waals surface area contributed by atoms with Crippen molar-refractivity contribution in [2.45, 2.75) is 6.92 Å². The Labute approximate surface area is 101 Å². The zero-order valence-corrected chi connectivity index (χ0v) is 9.81. The lowest BCUT2D eigenvalue weighted by Gasteiger charge is -2.04. The molecule has 0 fully saturated rings. The van der Waals surface area contributed by atoms with Gasteiger partial charge in [-0.15, -0.1) is 0 Å². The summed E-state index contributed by atoms with van der Waals surface area (Å²) < 4.78 is 0. The number of amides is 1. The summed E-state index contributed by atoms with van der Waals surface area (Å²) in [7, 11) is 0. The molecule has 2 aromatic carbocycles. The summed E-state index contributed by atoms with van der Waals surface area (Å²) in [5, 5.41) is 2.78. The van der Waals surface area contributed by atoms with Gasteiger partial charge in [0.25, 0.3) is 5.91 Å². The molecule has 0 aromatic heterocycles. The highest BCUT2D eigenvalue weighted by molar-refractivity contribution is 5.94. The summed E-state index contributed by atoms with van der Waals surface area (Å²) in [6.45, 7) is 2.56. The Morgan fingerprint density at radius 3 is 2.12 bits per heavy atom. The van der Waals surface area contributed by atoms with Crippen molar-refractivity contribution >= 4 is 5.91 Å². The third-order valence-electron chi connectivity index (χ3n) is 2.59. The van der Waals surface area contributed by atoms with Gasteiger partial charge in [-0.2, -0.15) is 0 Å². The van der Waals surface area contributed by atoms with Crippen LogP contribution in [-0.2, 0) is 0 Å². The fourth-order valence-corrected chi connectivity index (χ4v) is 1.71. The Hall–Kier alpha value is -2.09. The smallest absolute Gasteiger partial charge is 0.251 e. The summed E-state index contributed by atoms with van der Waals surface area (Å²) in [5.74, 6) is -0.0212. The first-order valence-electron chi connectivity index (χ1n) is 5.75. The highest BCUT2D eigenvalue weighted by atomic mass is 16.1. The number of carbonyl (C=O) groups is 1. The van der Waals surface area contributed by atoms with Crippen molar-refractivity contribution < 1.29 is 4.79 Å². The van der Waals surface area contributed by atoms with Gasteiger partial charge in [-0.3, -0.25) is 4.79 Å². The normalized spacial score (nSPS) is 9.94. The lowest BCUT2D eigenvalue weighted by atomic mass is 10.0. The first-order chi connectivity index (χ1) is 8.31. The number of benzene rings is 2. The molecule has 2 rings (SSSR count). The third-order valence-corrected chi connectivity index (χ3v) is 2.59. The summed E-state index contributed by atoms with van der Waals surface area (Å²) in [4.78, 5) is 11.6. The van der Waals surface area contributed by atoms with Crippen LogP contribution in [0.3, 0.4) is 0 Å². The van der Waals surface area contributed by atoms with Crippen molar-refractivity contribution in [1.82, 2.24) is 5.32 Å². The minimum Gasteiger partial charge on any atom is -0.352 e. The number of nitrogens with one attached hydrogen (secondary N) is 1. The van der Waals surface area contributed by atoms with Crippen LogP contribution in [0.1, 0.15) is 17.3 Å². The van der Waals surface area contributed by atoms with E-state index in [2.05, 4.69) is 17.4 Å². The highest BCUT2D eigenvalue weighted by Crippen LogP contribution is 2.19. The van der Waals surface area contributed by atoms with Gasteiger partial charge in [-0.1, -0.05) is 42.5 Å². The van der Waals surface area contributed by atoms with Crippen LogP contribution in [0.5, 0.6) is 0 Å². The average Bonchev–Trinajstić information content (AvgIpc) is 2.40. The fourth-order valence-electron chi connectivity index (χ4n) is 1.71. The lowest BCUT2D eigenvalue weighted by molar-refractivity contribution is 0.0956. The number of hydrogen-bond donors (Lipinski definition) is 1. The van der Waals surface area contributed by atoms with Gasteiger partial charge in [-0.25, -0.2) is 0 Å². The maximum Gasteiger partial charge on any atom is 0.251 e. The standard InChI is InChI=1S/C15H15NO/c1-2-16-15(17)14-10-8-13(9-11-14)12-6-4-3-5-7-12/h3-11H,2H2,1H3,(H,16,17). The lowest BCUT2D eigenvalue weighted by Crippen LogP contribution is -2.22. The van der Waals surface area contributed by atoms with Gasteiger partial charge >= 0.3 is 0 Å². The molecule has 0 saturated carbocycles. The van der Waals surface area contributed by atoms with E-state index in [0.29, 0.717) is 12.1 Å². The summed E-state index contributed by atoms with van der Waals surface area (Å²) in [5.41, 5.74) is 2.99. The quantitative estimate of drug-likeness (QED) is 0.854. The van der Waals surface area contributed by atoms with E-state index in [9.17, 15) is 4.79 Å². The van der Waals surface area contributed by atoms with E-state index < -0.39 is 0 Å². The molecule has 0 spiro atoms. The van der Waals surface area contributed by atoms with E-state index in [4.69, 9.17) is 0 Å². The van der Waals surface area contributed by atoms with E-state index in [1.165, 1.54) is 0 Å². The van der Waals surface area contributed by atoms with Gasteiger partial charge in [-0.05, 0) is 30.2 Å². The molecule has 1 N–H and O–H groups in total. The second-order valence-electron chi connectivity index (χ2n) is 3.80. The number of carbonyl (C=O) groups excluding carboxylic acids is 1. The predicted molar refractivity (Wildman–Crippen MR) is 69.9 cm³/mol. The van der Waals surface area contributed by atoms with Crippen molar-refractivity contribution in [3.05, 3.63) is 60.2 Å². The zero-order valence-electron chi connectivity index (χ0n) is 9.81. The van der Waals surface area contributed by atoms with Crippen LogP contribution in [0.4, 0.5) is 0 Å². The van der Waals surface area contributed by atoms with Crippen LogP contribution in [0, 0.1) is 0 Å². The molecule has 2 heteroatoms. The molecule has 0 aliphatic heterocycles. The first-order valence-corrected chi connectivity index (χ1v) is 5.75. The minimum atomic E-state index is -0.0212. The van der Waals surface area contributed by atoms with Crippen LogP contribution in [-0.4, -0.2) is 12.5 Å². The Kier molecular flexibility index (Phi) is 3.55. The van der Waals surface area contributed by atoms with Crippen LogP contribution in [0.25, 0.3) is 11.1 Å². The number of rotatable bonds is 3. The molecule has 0 radical (unpaired) electrons. The highest BCUT2D eigenvalue weighted by Gasteiger charge is 2.03. The first kappa shape index (κ1) is 11.4. The van der Waals surface area contributed by atoms with E-state index in [0.717, 1.165) is 11.1 Å². The monoisotopic (exact) mass is 225 g/mol. The Morgan fingerprint density at radius 1 is 0.941 bits per heavy atom. The summed E-state index contributed by atoms with van der Waals surface area (Å²) in [6, 6.07) is 17.8. The van der Waals surface area contributed by atoms with Gasteiger partial charge in [0.15, 0.2) is 0 Å². The van der Waals surface area contributed by atoms with Gasteiger partial charge in [0.2, 0.25) is 0 Å². The van der Waals surface area contributed by atoms with Crippen molar-refractivity contribution in [2.75, 3.05) is 6.54 Å². The Balaban J connectivity index is 2.22. The molecule has 86 valence electrons. The Morgan fingerprint density at radius 2 is 1.53 bits per heavy atom. The molecular weight excluding hydrogens is 210 g/mol. The fraction of sp³-hybridized carbons (Fsp3) is 0.133. The molecule has 0 unspecified atom stereocenters. The molecule has 0 heterocycles. The summed E-state index contributed by atoms with van der Waals surface area (Å²) in [6.07, 6.45) is 0. The van der Waals surface area contributed by atoms with Crippen LogP contribution >= 0.6 is 0 Å². The second kappa shape index (κ2) is 5.30. The summed E-state index contributed by atoms with van der Waals surface area (Å²) >= 11 is 0. The predicted octanol–water partition coefficient (Wildman–Crippen LogP) is 3.10. The SMILES string of the molecule is CCNC(=O)c1ccc(-c2ccccc2)cc1. The maximum absolute atomic E-state index is 11.6. The van der Waals surface area contributed by atoms with E-state index in [1.54, 1.807) is 0 Å². The molecule has 0 bridgehead atoms. The molecule has 2 nitrogen and oxygen atoms in total. The van der Waals surface area contributed by atoms with Crippen LogP contribution in [0.2, 0.25) is 0 Å². The molecule has 0 saturated heterocycles. The van der Waals surface area contributed by atoms with Crippen molar-refractivity contribution in [2.24, 2.45) is 0 Å². The van der Waals surface area contributed by atoms with E-state index in [1.807, 2.05) is 49.4 Å². The second-order valence-corrected chi connectivity index (χ2v) is 3.80. The molecule has 17 heavy (non-hydrogen) atoms. The third kappa shape index (κ3) is 2.72. The van der Waals surface area contributed by atoms with Crippen LogP contribution in [0.15, 0.2) is 54.6 Å². The average molecular weight is 225 g/mol. The van der Waals surface area contributed by atoms with Crippen LogP contribution < -0.4 is 5.32 Å². The largest absolute Gasteiger partial charge is 0.352 e. The van der Waals surface area contributed by atoms with Crippen molar-refractivity contribution in [3.63, 3.8) is 0 Å². The van der Waals surface area contributed by atoms with Gasteiger partial charge in [0.1, 0.15) is 0 Å². The Bertz CT molecular complexity index is 488. The maximum atomic E-state index is 11.6. The molecule has 1 amide bonds. The molecule has 0 atom stereocenters. The van der Waals surface area contributed by atoms with Crippen molar-refractivity contribution in [1.29, 1.82) is 0 Å². The molecular formula is C15H15NO. The van der Waals surface area contributed by atoms with Gasteiger partial charge < -0.3 is 5.32 Å². The van der Waals surface area contributed by atoms with Gasteiger partial charge in [0, 0.05) is 12.1 Å². The zero-order chi connectivity index (χ0) is 12.1. The topological polar surface area (TPSA) is 29.1 Å². The molecule has 0 aliphatic carbocycles. The number of hydrogen-bond acceptors (Lipinski definition) is 1. The molecule has 0 aliphatic rings. The van der Waals surface area contributed by atoms with E-state index >= 15 is 0 Å². The minimum absolute atomic E-state index is 0.0212. The van der Waals surface area contributed by atoms with Crippen molar-refractivity contribution in [3.8, 4) is 11.1 Å². The molecule has 2 aromatic rings.